The van der Waals surface area contributed by atoms with Gasteiger partial charge in [0.25, 0.3) is 0 Å². The molecule has 0 aromatic carbocycles. The number of carbonyl (C=O) groups excluding carboxylic acids is 2. The highest BCUT2D eigenvalue weighted by Crippen LogP contribution is 1.87. The zero-order valence-corrected chi connectivity index (χ0v) is 7.12. The van der Waals surface area contributed by atoms with Crippen LogP contribution in [0.25, 0.3) is 0 Å². The summed E-state index contributed by atoms with van der Waals surface area (Å²) in [5.74, 6) is 0.581. The Balaban J connectivity index is 3.28. The summed E-state index contributed by atoms with van der Waals surface area (Å²) in [7, 11) is 0. The van der Waals surface area contributed by atoms with Crippen molar-refractivity contribution in [2.45, 2.75) is 6.42 Å². The van der Waals surface area contributed by atoms with Gasteiger partial charge in [0, 0.05) is 18.4 Å². The van der Waals surface area contributed by atoms with Crippen LogP contribution in [-0.2, 0) is 19.1 Å². The third-order valence-electron chi connectivity index (χ3n) is 1.05. The first-order chi connectivity index (χ1) is 6.20. The van der Waals surface area contributed by atoms with Gasteiger partial charge in [0.15, 0.2) is 0 Å². The van der Waals surface area contributed by atoms with E-state index in [2.05, 4.69) is 16.1 Å². The number of ether oxygens (including phenoxy) is 2. The lowest BCUT2D eigenvalue weighted by atomic mass is 10.5. The summed E-state index contributed by atoms with van der Waals surface area (Å²) in [4.78, 5) is 20.9. The van der Waals surface area contributed by atoms with E-state index in [1.54, 1.807) is 5.92 Å². The molecule has 0 aliphatic heterocycles. The molecule has 0 bridgehead atoms. The lowest BCUT2D eigenvalue weighted by molar-refractivity contribution is -0.139. The number of carbonyl (C=O) groups is 2. The molecule has 0 atom stereocenters. The summed E-state index contributed by atoms with van der Waals surface area (Å²) in [6.45, 7) is 3.54. The van der Waals surface area contributed by atoms with Crippen molar-refractivity contribution < 1.29 is 19.1 Å². The van der Waals surface area contributed by atoms with Crippen LogP contribution >= 0.6 is 0 Å². The molecule has 0 aromatic rings. The Kier molecular flexibility index (Phi) is 5.98. The van der Waals surface area contributed by atoms with Crippen LogP contribution in [0.15, 0.2) is 12.7 Å². The summed E-state index contributed by atoms with van der Waals surface area (Å²) in [6.07, 6.45) is 6.22. The zero-order valence-electron chi connectivity index (χ0n) is 7.12. The maximum absolute atomic E-state index is 10.5. The highest BCUT2D eigenvalue weighted by atomic mass is 16.5. The molecule has 4 nitrogen and oxygen atoms in total. The zero-order chi connectivity index (χ0) is 10.1. The molecular formula is C9H10O4. The molecule has 0 aliphatic carbocycles. The number of rotatable bonds is 5. The van der Waals surface area contributed by atoms with Gasteiger partial charge in [-0.05, 0) is 0 Å². The second-order valence-corrected chi connectivity index (χ2v) is 2.01. The van der Waals surface area contributed by atoms with Crippen LogP contribution in [-0.4, -0.2) is 25.2 Å². The number of terminal acetylenes is 1. The number of hydrogen-bond acceptors (Lipinski definition) is 4. The van der Waals surface area contributed by atoms with E-state index in [1.807, 2.05) is 0 Å². The molecule has 0 aliphatic rings. The van der Waals surface area contributed by atoms with E-state index >= 15 is 0 Å². The minimum atomic E-state index is -0.713. The fourth-order valence-electron chi connectivity index (χ4n) is 0.497. The highest BCUT2D eigenvalue weighted by molar-refractivity contribution is 5.87. The minimum Gasteiger partial charge on any atom is -0.462 e. The maximum atomic E-state index is 10.5. The Hall–Kier alpha value is -1.76. The van der Waals surface area contributed by atoms with Crippen molar-refractivity contribution in [3.63, 3.8) is 0 Å². The standard InChI is InChI=1S/C9H10O4/c1-3-8(10)12-6-5-7-13-9(11)4-2/h1,4H,2,5-7H2. The molecule has 70 valence electrons. The van der Waals surface area contributed by atoms with E-state index in [-0.39, 0.29) is 13.2 Å². The molecule has 0 spiro atoms. The van der Waals surface area contributed by atoms with Crippen molar-refractivity contribution in [3.8, 4) is 12.3 Å². The van der Waals surface area contributed by atoms with Gasteiger partial charge in [-0.2, -0.15) is 0 Å². The molecule has 0 aromatic heterocycles. The lowest BCUT2D eigenvalue weighted by Crippen LogP contribution is -2.07. The van der Waals surface area contributed by atoms with Crippen LogP contribution in [0.2, 0.25) is 0 Å². The Morgan fingerprint density at radius 3 is 2.54 bits per heavy atom. The van der Waals surface area contributed by atoms with Crippen LogP contribution < -0.4 is 0 Å². The Labute approximate surface area is 76.5 Å². The fraction of sp³-hybridized carbons (Fsp3) is 0.333. The Bertz CT molecular complexity index is 236. The normalized spacial score (nSPS) is 8.23. The predicted molar refractivity (Wildman–Crippen MR) is 45.6 cm³/mol. The van der Waals surface area contributed by atoms with Crippen LogP contribution in [0, 0.1) is 12.3 Å². The molecule has 0 N–H and O–H groups in total. The van der Waals surface area contributed by atoms with Gasteiger partial charge in [0.2, 0.25) is 0 Å². The first-order valence-electron chi connectivity index (χ1n) is 3.63. The molecule has 0 saturated carbocycles. The van der Waals surface area contributed by atoms with Crippen molar-refractivity contribution in [1.29, 1.82) is 0 Å². The highest BCUT2D eigenvalue weighted by Gasteiger charge is 1.97. The monoisotopic (exact) mass is 182 g/mol. The second-order valence-electron chi connectivity index (χ2n) is 2.01. The lowest BCUT2D eigenvalue weighted by Gasteiger charge is -2.01. The van der Waals surface area contributed by atoms with Crippen molar-refractivity contribution in [3.05, 3.63) is 12.7 Å². The van der Waals surface area contributed by atoms with E-state index in [4.69, 9.17) is 6.42 Å². The molecule has 0 amide bonds. The summed E-state index contributed by atoms with van der Waals surface area (Å²) in [6, 6.07) is 0. The number of esters is 2. The summed E-state index contributed by atoms with van der Waals surface area (Å²) < 4.78 is 9.12. The third-order valence-corrected chi connectivity index (χ3v) is 1.05. The third kappa shape index (κ3) is 6.63. The van der Waals surface area contributed by atoms with E-state index in [9.17, 15) is 9.59 Å². The van der Waals surface area contributed by atoms with Crippen LogP contribution in [0.4, 0.5) is 0 Å². The average molecular weight is 182 g/mol. The van der Waals surface area contributed by atoms with E-state index < -0.39 is 11.9 Å². The van der Waals surface area contributed by atoms with E-state index in [0.717, 1.165) is 6.08 Å². The van der Waals surface area contributed by atoms with Crippen LogP contribution in [0.1, 0.15) is 6.42 Å². The van der Waals surface area contributed by atoms with Gasteiger partial charge < -0.3 is 9.47 Å². The first kappa shape index (κ1) is 11.2. The van der Waals surface area contributed by atoms with Gasteiger partial charge in [0.05, 0.1) is 13.2 Å². The topological polar surface area (TPSA) is 52.6 Å². The smallest absolute Gasteiger partial charge is 0.384 e. The van der Waals surface area contributed by atoms with Gasteiger partial charge in [-0.15, -0.1) is 6.42 Å². The fourth-order valence-corrected chi connectivity index (χ4v) is 0.497. The molecule has 13 heavy (non-hydrogen) atoms. The van der Waals surface area contributed by atoms with Gasteiger partial charge in [-0.1, -0.05) is 6.58 Å². The van der Waals surface area contributed by atoms with E-state index in [1.165, 1.54) is 0 Å². The van der Waals surface area contributed by atoms with Crippen molar-refractivity contribution in [2.75, 3.05) is 13.2 Å². The molecule has 0 radical (unpaired) electrons. The largest absolute Gasteiger partial charge is 0.462 e. The molecule has 0 saturated heterocycles. The van der Waals surface area contributed by atoms with Crippen molar-refractivity contribution in [1.82, 2.24) is 0 Å². The quantitative estimate of drug-likeness (QED) is 0.201. The second kappa shape index (κ2) is 6.92. The van der Waals surface area contributed by atoms with Crippen molar-refractivity contribution >= 4 is 11.9 Å². The average Bonchev–Trinajstić information content (AvgIpc) is 2.16. The van der Waals surface area contributed by atoms with Crippen molar-refractivity contribution in [2.24, 2.45) is 0 Å². The van der Waals surface area contributed by atoms with Crippen LogP contribution in [0.3, 0.4) is 0 Å². The van der Waals surface area contributed by atoms with Gasteiger partial charge in [-0.3, -0.25) is 0 Å². The minimum absolute atomic E-state index is 0.146. The molecule has 4 heteroatoms. The SMILES string of the molecule is C#CC(=O)OCCCOC(=O)C=C. The summed E-state index contributed by atoms with van der Waals surface area (Å²) in [5.41, 5.74) is 0. The molecular weight excluding hydrogens is 172 g/mol. The summed E-state index contributed by atoms with van der Waals surface area (Å²) >= 11 is 0. The Morgan fingerprint density at radius 2 is 2.00 bits per heavy atom. The first-order valence-corrected chi connectivity index (χ1v) is 3.63. The van der Waals surface area contributed by atoms with E-state index in [0.29, 0.717) is 6.42 Å². The molecule has 0 rings (SSSR count). The summed E-state index contributed by atoms with van der Waals surface area (Å²) in [5, 5.41) is 0. The molecule has 0 unspecified atom stereocenters. The number of hydrogen-bond donors (Lipinski definition) is 0. The molecule has 0 heterocycles. The maximum Gasteiger partial charge on any atom is 0.384 e. The molecule has 0 fully saturated rings. The van der Waals surface area contributed by atoms with Gasteiger partial charge >= 0.3 is 11.9 Å². The van der Waals surface area contributed by atoms with Crippen LogP contribution in [0.5, 0.6) is 0 Å². The Morgan fingerprint density at radius 1 is 1.38 bits per heavy atom. The van der Waals surface area contributed by atoms with Gasteiger partial charge in [-0.25, -0.2) is 9.59 Å². The van der Waals surface area contributed by atoms with Gasteiger partial charge in [0.1, 0.15) is 0 Å². The predicted octanol–water partition coefficient (Wildman–Crippen LogP) is 0.282.